The Balaban J connectivity index is 1.87. The van der Waals surface area contributed by atoms with Crippen molar-refractivity contribution in [1.82, 2.24) is 5.32 Å². The summed E-state index contributed by atoms with van der Waals surface area (Å²) in [5, 5.41) is 2.89. The van der Waals surface area contributed by atoms with E-state index in [-0.39, 0.29) is 24.1 Å². The van der Waals surface area contributed by atoms with E-state index in [0.717, 1.165) is 0 Å². The van der Waals surface area contributed by atoms with Crippen LogP contribution < -0.4 is 19.5 Å². The van der Waals surface area contributed by atoms with Crippen LogP contribution in [0.3, 0.4) is 0 Å². The molecule has 0 aromatic heterocycles. The van der Waals surface area contributed by atoms with Gasteiger partial charge in [-0.3, -0.25) is 4.79 Å². The van der Waals surface area contributed by atoms with Crippen LogP contribution in [0.15, 0.2) is 36.4 Å². The molecular weight excluding hydrogens is 337 g/mol. The zero-order valence-corrected chi connectivity index (χ0v) is 14.0. The molecule has 5 nitrogen and oxygen atoms in total. The van der Waals surface area contributed by atoms with Gasteiger partial charge in [-0.05, 0) is 36.4 Å². The average Bonchev–Trinajstić information content (AvgIpc) is 2.59. The molecule has 7 heteroatoms. The molecule has 0 spiro atoms. The van der Waals surface area contributed by atoms with Crippen LogP contribution >= 0.6 is 11.6 Å². The van der Waals surface area contributed by atoms with Crippen LogP contribution in [0.5, 0.6) is 17.2 Å². The van der Waals surface area contributed by atoms with Gasteiger partial charge in [0.2, 0.25) is 0 Å². The maximum Gasteiger partial charge on any atom is 0.251 e. The smallest absolute Gasteiger partial charge is 0.251 e. The lowest BCUT2D eigenvalue weighted by Crippen LogP contribution is -2.28. The van der Waals surface area contributed by atoms with Gasteiger partial charge >= 0.3 is 0 Å². The quantitative estimate of drug-likeness (QED) is 0.776. The van der Waals surface area contributed by atoms with Crippen molar-refractivity contribution in [3.05, 3.63) is 52.8 Å². The number of ether oxygens (including phenoxy) is 3. The first-order valence-electron chi connectivity index (χ1n) is 7.13. The van der Waals surface area contributed by atoms with Crippen molar-refractivity contribution in [1.29, 1.82) is 0 Å². The maximum atomic E-state index is 12.9. The van der Waals surface area contributed by atoms with Crippen molar-refractivity contribution in [2.75, 3.05) is 27.4 Å². The summed E-state index contributed by atoms with van der Waals surface area (Å²) in [6, 6.07) is 8.74. The lowest BCUT2D eigenvalue weighted by Gasteiger charge is -2.11. The largest absolute Gasteiger partial charge is 0.493 e. The van der Waals surface area contributed by atoms with Crippen molar-refractivity contribution in [3.63, 3.8) is 0 Å². The van der Waals surface area contributed by atoms with Gasteiger partial charge in [0.1, 0.15) is 18.2 Å². The first-order valence-corrected chi connectivity index (χ1v) is 7.51. The van der Waals surface area contributed by atoms with Crippen LogP contribution in [0.4, 0.5) is 4.39 Å². The molecule has 24 heavy (non-hydrogen) atoms. The number of nitrogens with one attached hydrogen (secondary N) is 1. The zero-order chi connectivity index (χ0) is 17.5. The molecule has 0 bridgehead atoms. The molecule has 1 amide bonds. The highest BCUT2D eigenvalue weighted by Crippen LogP contribution is 2.27. The zero-order valence-electron chi connectivity index (χ0n) is 13.3. The molecule has 0 aliphatic rings. The molecular formula is C17H17ClFNO4. The molecule has 1 N–H and O–H groups in total. The molecule has 0 saturated heterocycles. The summed E-state index contributed by atoms with van der Waals surface area (Å²) in [5.74, 6) is 0.667. The minimum Gasteiger partial charge on any atom is -0.493 e. The third-order valence-electron chi connectivity index (χ3n) is 3.18. The molecule has 0 aliphatic heterocycles. The maximum absolute atomic E-state index is 12.9. The number of carbonyl (C=O) groups is 1. The van der Waals surface area contributed by atoms with Crippen molar-refractivity contribution >= 4 is 17.5 Å². The van der Waals surface area contributed by atoms with Crippen LogP contribution in [0.2, 0.25) is 5.02 Å². The summed E-state index contributed by atoms with van der Waals surface area (Å²) in [5.41, 5.74) is 0.437. The molecule has 0 fully saturated rings. The SMILES string of the molecule is COc1ccc(C(=O)NCCOc2ccc(F)cc2Cl)cc1OC. The number of hydrogen-bond donors (Lipinski definition) is 1. The number of hydrogen-bond acceptors (Lipinski definition) is 4. The third-order valence-corrected chi connectivity index (χ3v) is 3.48. The fraction of sp³-hybridized carbons (Fsp3) is 0.235. The number of carbonyl (C=O) groups excluding carboxylic acids is 1. The Morgan fingerprint density at radius 1 is 1.08 bits per heavy atom. The van der Waals surface area contributed by atoms with E-state index in [0.29, 0.717) is 22.8 Å². The molecule has 0 saturated carbocycles. The summed E-state index contributed by atoms with van der Waals surface area (Å²) in [6.07, 6.45) is 0. The minimum atomic E-state index is -0.436. The highest BCUT2D eigenvalue weighted by atomic mass is 35.5. The highest BCUT2D eigenvalue weighted by molar-refractivity contribution is 6.32. The highest BCUT2D eigenvalue weighted by Gasteiger charge is 2.10. The average molecular weight is 354 g/mol. The van der Waals surface area contributed by atoms with Gasteiger partial charge in [0.05, 0.1) is 25.8 Å². The van der Waals surface area contributed by atoms with Crippen LogP contribution in [-0.4, -0.2) is 33.3 Å². The van der Waals surface area contributed by atoms with E-state index in [4.69, 9.17) is 25.8 Å². The Morgan fingerprint density at radius 2 is 1.79 bits per heavy atom. The Morgan fingerprint density at radius 3 is 2.46 bits per heavy atom. The van der Waals surface area contributed by atoms with E-state index >= 15 is 0 Å². The topological polar surface area (TPSA) is 56.8 Å². The molecule has 2 aromatic rings. The number of amides is 1. The second-order valence-corrected chi connectivity index (χ2v) is 5.16. The van der Waals surface area contributed by atoms with Gasteiger partial charge in [-0.25, -0.2) is 4.39 Å². The molecule has 0 aliphatic carbocycles. The molecule has 2 aromatic carbocycles. The molecule has 0 radical (unpaired) electrons. The normalized spacial score (nSPS) is 10.2. The van der Waals surface area contributed by atoms with Crippen molar-refractivity contribution in [2.45, 2.75) is 0 Å². The van der Waals surface area contributed by atoms with E-state index in [2.05, 4.69) is 5.32 Å². The summed E-state index contributed by atoms with van der Waals surface area (Å²) < 4.78 is 28.6. The minimum absolute atomic E-state index is 0.182. The van der Waals surface area contributed by atoms with Crippen LogP contribution in [0.25, 0.3) is 0 Å². The van der Waals surface area contributed by atoms with Crippen LogP contribution in [0.1, 0.15) is 10.4 Å². The van der Waals surface area contributed by atoms with Crippen molar-refractivity contribution in [2.24, 2.45) is 0 Å². The molecule has 0 heterocycles. The van der Waals surface area contributed by atoms with Crippen LogP contribution in [-0.2, 0) is 0 Å². The molecule has 128 valence electrons. The van der Waals surface area contributed by atoms with Gasteiger partial charge < -0.3 is 19.5 Å². The summed E-state index contributed by atoms with van der Waals surface area (Å²) in [4.78, 5) is 12.1. The summed E-state index contributed by atoms with van der Waals surface area (Å²) >= 11 is 5.85. The lowest BCUT2D eigenvalue weighted by molar-refractivity contribution is 0.0946. The third kappa shape index (κ3) is 4.52. The van der Waals surface area contributed by atoms with E-state index in [1.165, 1.54) is 32.4 Å². The molecule has 0 unspecified atom stereocenters. The standard InChI is InChI=1S/C17H17ClFNO4/c1-22-15-5-3-11(9-16(15)23-2)17(21)20-7-8-24-14-6-4-12(19)10-13(14)18/h3-6,9-10H,7-8H2,1-2H3,(H,20,21). The van der Waals surface area contributed by atoms with Gasteiger partial charge in [-0.1, -0.05) is 11.6 Å². The fourth-order valence-electron chi connectivity index (χ4n) is 2.00. The van der Waals surface area contributed by atoms with E-state index < -0.39 is 5.82 Å². The fourth-order valence-corrected chi connectivity index (χ4v) is 2.22. The first kappa shape index (κ1) is 17.9. The van der Waals surface area contributed by atoms with Crippen LogP contribution in [0, 0.1) is 5.82 Å². The predicted molar refractivity (Wildman–Crippen MR) is 88.8 cm³/mol. The Hall–Kier alpha value is -2.47. The Kier molecular flexibility index (Phi) is 6.26. The predicted octanol–water partition coefficient (Wildman–Crippen LogP) is 3.31. The number of rotatable bonds is 7. The summed E-state index contributed by atoms with van der Waals surface area (Å²) in [7, 11) is 3.02. The molecule has 2 rings (SSSR count). The van der Waals surface area contributed by atoms with E-state index in [1.807, 2.05) is 0 Å². The van der Waals surface area contributed by atoms with Gasteiger partial charge in [0, 0.05) is 5.56 Å². The second-order valence-electron chi connectivity index (χ2n) is 4.75. The number of methoxy groups -OCH3 is 2. The van der Waals surface area contributed by atoms with Gasteiger partial charge in [0.15, 0.2) is 11.5 Å². The first-order chi connectivity index (χ1) is 11.5. The lowest BCUT2D eigenvalue weighted by atomic mass is 10.2. The van der Waals surface area contributed by atoms with Crippen molar-refractivity contribution < 1.29 is 23.4 Å². The Bertz CT molecular complexity index is 724. The van der Waals surface area contributed by atoms with Gasteiger partial charge in [0.25, 0.3) is 5.91 Å². The Labute approximate surface area is 144 Å². The summed E-state index contributed by atoms with van der Waals surface area (Å²) in [6.45, 7) is 0.464. The van der Waals surface area contributed by atoms with Gasteiger partial charge in [-0.2, -0.15) is 0 Å². The van der Waals surface area contributed by atoms with E-state index in [1.54, 1.807) is 18.2 Å². The van der Waals surface area contributed by atoms with E-state index in [9.17, 15) is 9.18 Å². The number of benzene rings is 2. The molecule has 0 atom stereocenters. The number of halogens is 2. The monoisotopic (exact) mass is 353 g/mol. The second kappa shape index (κ2) is 8.40. The van der Waals surface area contributed by atoms with Gasteiger partial charge in [-0.15, -0.1) is 0 Å². The van der Waals surface area contributed by atoms with Crippen molar-refractivity contribution in [3.8, 4) is 17.2 Å².